The lowest BCUT2D eigenvalue weighted by Crippen LogP contribution is -2.55. The van der Waals surface area contributed by atoms with Gasteiger partial charge in [-0.05, 0) is 31.4 Å². The van der Waals surface area contributed by atoms with Crippen LogP contribution in [0.5, 0.6) is 0 Å². The van der Waals surface area contributed by atoms with E-state index in [1.54, 1.807) is 20.6 Å². The Labute approximate surface area is 220 Å². The number of unbranched alkanes of at least 4 members (excludes halogenated alkanes) is 1. The van der Waals surface area contributed by atoms with Crippen LogP contribution in [-0.2, 0) is 21.1 Å². The number of aromatic nitrogens is 3. The summed E-state index contributed by atoms with van der Waals surface area (Å²) in [4.78, 5) is 43.4. The summed E-state index contributed by atoms with van der Waals surface area (Å²) in [5, 5.41) is 27.5. The second kappa shape index (κ2) is 9.79. The van der Waals surface area contributed by atoms with Crippen molar-refractivity contribution in [1.29, 1.82) is 0 Å². The maximum atomic E-state index is 14.3. The number of alkyl halides is 1. The van der Waals surface area contributed by atoms with Crippen molar-refractivity contribution in [1.82, 2.24) is 24.8 Å². The van der Waals surface area contributed by atoms with Gasteiger partial charge in [0.15, 0.2) is 0 Å². The number of nitrogens with zero attached hydrogens (tertiary/aromatic N) is 5. The van der Waals surface area contributed by atoms with Crippen molar-refractivity contribution in [2.24, 2.45) is 11.8 Å². The molecule has 3 saturated heterocycles. The maximum absolute atomic E-state index is 14.3. The number of aliphatic hydroxyl groups is 1. The van der Waals surface area contributed by atoms with E-state index in [0.717, 1.165) is 5.52 Å². The molecular weight excluding hydrogens is 550 g/mol. The Bertz CT molecular complexity index is 1210. The van der Waals surface area contributed by atoms with Crippen LogP contribution in [0.2, 0.25) is 0 Å². The van der Waals surface area contributed by atoms with Gasteiger partial charge in [0.1, 0.15) is 18.2 Å². The monoisotopic (exact) mass is 577 g/mol. The summed E-state index contributed by atoms with van der Waals surface area (Å²) in [6.45, 7) is 4.44. The number of para-hydroxylation sites is 1. The summed E-state index contributed by atoms with van der Waals surface area (Å²) in [7, 11) is 0. The molecule has 5 rings (SSSR count). The summed E-state index contributed by atoms with van der Waals surface area (Å²) in [5.41, 5.74) is 1.49. The zero-order valence-corrected chi connectivity index (χ0v) is 22.0. The molecule has 6 atom stereocenters. The van der Waals surface area contributed by atoms with Crippen LogP contribution in [0.3, 0.4) is 0 Å². The number of carbonyl (C=O) groups excluding carboxylic acids is 2. The summed E-state index contributed by atoms with van der Waals surface area (Å²) >= 11 is 5.12. The molecule has 2 N–H and O–H groups in total. The molecule has 12 heteroatoms. The predicted molar refractivity (Wildman–Crippen MR) is 137 cm³/mol. The van der Waals surface area contributed by atoms with Gasteiger partial charge in [0, 0.05) is 29.8 Å². The van der Waals surface area contributed by atoms with Crippen LogP contribution in [-0.4, -0.2) is 93.4 Å². The first kappa shape index (κ1) is 25.2. The fraction of sp³-hybridized carbons (Fsp3) is 0.542. The normalized spacial score (nSPS) is 30.7. The number of hydrogen-bond acceptors (Lipinski definition) is 7. The fourth-order valence-corrected chi connectivity index (χ4v) is 9.66. The van der Waals surface area contributed by atoms with E-state index in [-0.39, 0.29) is 48.3 Å². The van der Waals surface area contributed by atoms with E-state index in [2.05, 4.69) is 32.8 Å². The first-order chi connectivity index (χ1) is 17.3. The molecule has 3 aliphatic heterocycles. The molecule has 1 aromatic heterocycles. The highest BCUT2D eigenvalue weighted by Gasteiger charge is 2.75. The maximum Gasteiger partial charge on any atom is 0.308 e. The molecule has 1 spiro atoms. The molecule has 2 bridgehead atoms. The van der Waals surface area contributed by atoms with Gasteiger partial charge >= 0.3 is 5.97 Å². The zero-order valence-electron chi connectivity index (χ0n) is 19.6. The smallest absolute Gasteiger partial charge is 0.308 e. The van der Waals surface area contributed by atoms with Crippen LogP contribution in [0.1, 0.15) is 19.3 Å². The third-order valence-corrected chi connectivity index (χ3v) is 10.7. The molecule has 0 aliphatic carbocycles. The minimum Gasteiger partial charge on any atom is -0.481 e. The van der Waals surface area contributed by atoms with E-state index >= 15 is 0 Å². The molecule has 192 valence electrons. The van der Waals surface area contributed by atoms with Crippen molar-refractivity contribution < 1.29 is 24.6 Å². The molecule has 3 fully saturated rings. The van der Waals surface area contributed by atoms with Crippen LogP contribution < -0.4 is 0 Å². The molecule has 3 unspecified atom stereocenters. The molecule has 2 aromatic rings. The van der Waals surface area contributed by atoms with Crippen LogP contribution in [0.15, 0.2) is 36.9 Å². The van der Waals surface area contributed by atoms with Crippen LogP contribution in [0, 0.1) is 11.8 Å². The highest BCUT2D eigenvalue weighted by Crippen LogP contribution is 2.67. The van der Waals surface area contributed by atoms with Gasteiger partial charge in [0.05, 0.1) is 22.1 Å². The van der Waals surface area contributed by atoms with E-state index < -0.39 is 28.6 Å². The van der Waals surface area contributed by atoms with Gasteiger partial charge in [-0.1, -0.05) is 39.4 Å². The average Bonchev–Trinajstić information content (AvgIpc) is 3.56. The quantitative estimate of drug-likeness (QED) is 0.248. The second-order valence-corrected chi connectivity index (χ2v) is 12.2. The van der Waals surface area contributed by atoms with Crippen molar-refractivity contribution in [2.45, 2.75) is 46.8 Å². The number of carbonyl (C=O) groups is 3. The van der Waals surface area contributed by atoms with Crippen LogP contribution >= 0.6 is 27.7 Å². The largest absolute Gasteiger partial charge is 0.481 e. The number of carboxylic acids is 1. The van der Waals surface area contributed by atoms with Gasteiger partial charge in [-0.2, -0.15) is 0 Å². The highest BCUT2D eigenvalue weighted by molar-refractivity contribution is 9.09. The molecule has 1 aromatic carbocycles. The Morgan fingerprint density at radius 2 is 2.11 bits per heavy atom. The van der Waals surface area contributed by atoms with Crippen molar-refractivity contribution >= 4 is 56.5 Å². The lowest BCUT2D eigenvalue weighted by Gasteiger charge is -2.37. The number of halogens is 1. The van der Waals surface area contributed by atoms with Gasteiger partial charge in [0.25, 0.3) is 0 Å². The molecule has 4 heterocycles. The Morgan fingerprint density at radius 1 is 1.33 bits per heavy atom. The van der Waals surface area contributed by atoms with E-state index in [0.29, 0.717) is 24.8 Å². The summed E-state index contributed by atoms with van der Waals surface area (Å²) in [6, 6.07) is 6.65. The Hall–Kier alpha value is -2.44. The van der Waals surface area contributed by atoms with Gasteiger partial charge in [-0.15, -0.1) is 23.4 Å². The third-order valence-electron chi connectivity index (χ3n) is 7.50. The highest BCUT2D eigenvalue weighted by atomic mass is 79.9. The van der Waals surface area contributed by atoms with E-state index in [1.165, 1.54) is 11.8 Å². The SMILES string of the molecule is C=CCN(Cn1nnc2ccccc21)C(=O)C1N(CCCCO)C(=O)[C@@H]2[C@H](C(=O)O)[C@H]3SC12CC3Br. The standard InChI is InChI=1S/C24H28BrN5O5S/c1-2-9-28(13-30-16-8-4-3-7-15(16)26-27-30)22(33)20-24-12-14(25)19(36-24)17(23(34)35)18(24)21(32)29(20)10-5-6-11-31/h2-4,7-8,14,17-20,31H,1,5-6,9-13H2,(H,34,35)/t14?,17-,18-,19-,20?,24?/m0/s1. The Morgan fingerprint density at radius 3 is 2.83 bits per heavy atom. The number of thioether (sulfide) groups is 1. The number of amides is 2. The zero-order chi connectivity index (χ0) is 25.6. The number of aliphatic carboxylic acids is 1. The van der Waals surface area contributed by atoms with E-state index in [1.807, 2.05) is 24.3 Å². The van der Waals surface area contributed by atoms with Crippen molar-refractivity contribution in [3.05, 3.63) is 36.9 Å². The predicted octanol–water partition coefficient (Wildman–Crippen LogP) is 1.73. The van der Waals surface area contributed by atoms with Gasteiger partial charge in [-0.3, -0.25) is 14.4 Å². The molecule has 0 saturated carbocycles. The number of carboxylic acid groups (broad SMARTS) is 1. The van der Waals surface area contributed by atoms with E-state index in [4.69, 9.17) is 0 Å². The van der Waals surface area contributed by atoms with Crippen molar-refractivity contribution in [2.75, 3.05) is 19.7 Å². The topological polar surface area (TPSA) is 129 Å². The number of benzene rings is 1. The number of fused-ring (bicyclic) bond motifs is 2. The van der Waals surface area contributed by atoms with Crippen LogP contribution in [0.25, 0.3) is 11.0 Å². The molecule has 36 heavy (non-hydrogen) atoms. The number of likely N-dealkylation sites (tertiary alicyclic amines) is 1. The molecular formula is C24H28BrN5O5S. The first-order valence-corrected chi connectivity index (χ1v) is 13.8. The van der Waals surface area contributed by atoms with Gasteiger partial charge in [-0.25, -0.2) is 4.68 Å². The molecule has 3 aliphatic rings. The minimum absolute atomic E-state index is 0.0186. The van der Waals surface area contributed by atoms with Gasteiger partial charge < -0.3 is 20.0 Å². The second-order valence-electron chi connectivity index (χ2n) is 9.53. The lowest BCUT2D eigenvalue weighted by molar-refractivity contribution is -0.148. The summed E-state index contributed by atoms with van der Waals surface area (Å²) < 4.78 is 0.810. The molecule has 2 amide bonds. The number of hydrogen-bond donors (Lipinski definition) is 2. The fourth-order valence-electron chi connectivity index (χ4n) is 6.06. The third kappa shape index (κ3) is 3.84. The number of rotatable bonds is 10. The van der Waals surface area contributed by atoms with Crippen molar-refractivity contribution in [3.8, 4) is 0 Å². The molecule has 10 nitrogen and oxygen atoms in total. The van der Waals surface area contributed by atoms with Crippen LogP contribution in [0.4, 0.5) is 0 Å². The van der Waals surface area contributed by atoms with Gasteiger partial charge in [0.2, 0.25) is 11.8 Å². The van der Waals surface area contributed by atoms with Crippen molar-refractivity contribution in [3.63, 3.8) is 0 Å². The Balaban J connectivity index is 1.52. The average molecular weight is 578 g/mol. The first-order valence-electron chi connectivity index (χ1n) is 12.0. The summed E-state index contributed by atoms with van der Waals surface area (Å²) in [6.07, 6.45) is 3.17. The Kier molecular flexibility index (Phi) is 6.86. The number of aliphatic hydroxyl groups excluding tert-OH is 1. The summed E-state index contributed by atoms with van der Waals surface area (Å²) in [5.74, 6) is -3.16. The lowest BCUT2D eigenvalue weighted by atomic mass is 9.71. The molecule has 0 radical (unpaired) electrons. The van der Waals surface area contributed by atoms with E-state index in [9.17, 15) is 24.6 Å². The minimum atomic E-state index is -1.00.